The average molecular weight is 461 g/mol. The first kappa shape index (κ1) is 21.8. The van der Waals surface area contributed by atoms with Crippen molar-refractivity contribution in [2.45, 2.75) is 17.7 Å². The van der Waals surface area contributed by atoms with Crippen LogP contribution in [0.1, 0.15) is 33.6 Å². The summed E-state index contributed by atoms with van der Waals surface area (Å²) in [4.78, 5) is 29.9. The molecule has 0 atom stereocenters. The predicted molar refractivity (Wildman–Crippen MR) is 122 cm³/mol. The van der Waals surface area contributed by atoms with Gasteiger partial charge in [-0.15, -0.1) is 11.8 Å². The number of carbonyl (C=O) groups excluding carboxylic acids is 2. The molecule has 2 amide bonds. The van der Waals surface area contributed by atoms with E-state index < -0.39 is 0 Å². The molecule has 164 valence electrons. The van der Waals surface area contributed by atoms with Crippen molar-refractivity contribution in [1.82, 2.24) is 9.80 Å². The number of rotatable bonds is 4. The van der Waals surface area contributed by atoms with Gasteiger partial charge in [0, 0.05) is 42.0 Å². The van der Waals surface area contributed by atoms with E-state index in [9.17, 15) is 9.59 Å². The zero-order valence-electron chi connectivity index (χ0n) is 17.6. The summed E-state index contributed by atoms with van der Waals surface area (Å²) in [7, 11) is 3.13. The number of benzene rings is 2. The van der Waals surface area contributed by atoms with Crippen molar-refractivity contribution in [3.63, 3.8) is 0 Å². The van der Waals surface area contributed by atoms with E-state index in [-0.39, 0.29) is 16.7 Å². The molecule has 0 unspecified atom stereocenters. The predicted octanol–water partition coefficient (Wildman–Crippen LogP) is 4.18. The molecule has 6 nitrogen and oxygen atoms in total. The highest BCUT2D eigenvalue weighted by Crippen LogP contribution is 2.45. The standard InChI is InChI=1S/C23H25ClN2O4S/c1-29-18-6-7-19(20(15-18)30-2)22(28)25-10-8-23(9-11-25)26(12-13-31-23)21(27)16-4-3-5-17(24)14-16/h3-7,14-15H,8-13H2,1-2H3. The Hall–Kier alpha value is -2.38. The van der Waals surface area contributed by atoms with Crippen LogP contribution in [0.2, 0.25) is 5.02 Å². The van der Waals surface area contributed by atoms with Gasteiger partial charge in [-0.05, 0) is 43.2 Å². The minimum atomic E-state index is -0.278. The molecule has 2 aromatic carbocycles. The summed E-state index contributed by atoms with van der Waals surface area (Å²) in [5.41, 5.74) is 1.13. The lowest BCUT2D eigenvalue weighted by molar-refractivity contribution is 0.0496. The number of hydrogen-bond donors (Lipinski definition) is 0. The van der Waals surface area contributed by atoms with Crippen molar-refractivity contribution < 1.29 is 19.1 Å². The normalized spacial score (nSPS) is 17.6. The minimum absolute atomic E-state index is 0.00380. The van der Waals surface area contributed by atoms with Gasteiger partial charge >= 0.3 is 0 Å². The second-order valence-corrected chi connectivity index (χ2v) is 9.51. The fourth-order valence-electron chi connectivity index (χ4n) is 4.29. The van der Waals surface area contributed by atoms with Gasteiger partial charge < -0.3 is 19.3 Å². The van der Waals surface area contributed by atoms with Crippen molar-refractivity contribution in [2.75, 3.05) is 39.6 Å². The van der Waals surface area contributed by atoms with E-state index in [0.29, 0.717) is 47.3 Å². The summed E-state index contributed by atoms with van der Waals surface area (Å²) in [6.07, 6.45) is 1.46. The molecule has 8 heteroatoms. The summed E-state index contributed by atoms with van der Waals surface area (Å²) in [5.74, 6) is 1.97. The second kappa shape index (κ2) is 9.01. The molecule has 31 heavy (non-hydrogen) atoms. The number of thioether (sulfide) groups is 1. The van der Waals surface area contributed by atoms with E-state index in [4.69, 9.17) is 21.1 Å². The van der Waals surface area contributed by atoms with Crippen molar-refractivity contribution in [1.29, 1.82) is 0 Å². The number of piperidine rings is 1. The maximum atomic E-state index is 13.2. The van der Waals surface area contributed by atoms with Crippen LogP contribution < -0.4 is 9.47 Å². The maximum absolute atomic E-state index is 13.2. The second-order valence-electron chi connectivity index (χ2n) is 7.62. The van der Waals surface area contributed by atoms with Gasteiger partial charge in [0.2, 0.25) is 0 Å². The molecule has 0 saturated carbocycles. The third-order valence-corrected chi connectivity index (χ3v) is 7.75. The fourth-order valence-corrected chi connectivity index (χ4v) is 5.94. The van der Waals surface area contributed by atoms with Gasteiger partial charge in [0.05, 0.1) is 24.7 Å². The van der Waals surface area contributed by atoms with Gasteiger partial charge in [0.15, 0.2) is 0 Å². The Labute approximate surface area is 191 Å². The molecular formula is C23H25ClN2O4S. The highest BCUT2D eigenvalue weighted by Gasteiger charge is 2.47. The molecule has 1 spiro atoms. The number of nitrogens with zero attached hydrogens (tertiary/aromatic N) is 2. The Bertz CT molecular complexity index is 991. The zero-order valence-corrected chi connectivity index (χ0v) is 19.2. The summed E-state index contributed by atoms with van der Waals surface area (Å²) in [5, 5.41) is 0.556. The lowest BCUT2D eigenvalue weighted by Crippen LogP contribution is -2.53. The molecule has 2 saturated heterocycles. The molecule has 2 aromatic rings. The molecule has 0 N–H and O–H groups in total. The summed E-state index contributed by atoms with van der Waals surface area (Å²) >= 11 is 7.91. The average Bonchev–Trinajstić information content (AvgIpc) is 3.20. The van der Waals surface area contributed by atoms with Crippen LogP contribution in [0.5, 0.6) is 11.5 Å². The lowest BCUT2D eigenvalue weighted by atomic mass is 10.00. The quantitative estimate of drug-likeness (QED) is 0.685. The molecule has 2 heterocycles. The van der Waals surface area contributed by atoms with Gasteiger partial charge in [0.1, 0.15) is 11.5 Å². The number of carbonyl (C=O) groups is 2. The number of hydrogen-bond acceptors (Lipinski definition) is 5. The van der Waals surface area contributed by atoms with E-state index in [0.717, 1.165) is 18.6 Å². The van der Waals surface area contributed by atoms with E-state index in [1.54, 1.807) is 56.7 Å². The topological polar surface area (TPSA) is 59.1 Å². The largest absolute Gasteiger partial charge is 0.497 e. The van der Waals surface area contributed by atoms with E-state index >= 15 is 0 Å². The highest BCUT2D eigenvalue weighted by atomic mass is 35.5. The van der Waals surface area contributed by atoms with Crippen LogP contribution in [-0.4, -0.2) is 66.1 Å². The number of likely N-dealkylation sites (tertiary alicyclic amines) is 1. The Balaban J connectivity index is 1.48. The van der Waals surface area contributed by atoms with Crippen LogP contribution in [0, 0.1) is 0 Å². The molecule has 0 radical (unpaired) electrons. The van der Waals surface area contributed by atoms with Gasteiger partial charge in [-0.25, -0.2) is 0 Å². The van der Waals surface area contributed by atoms with E-state index in [2.05, 4.69) is 0 Å². The van der Waals surface area contributed by atoms with Crippen LogP contribution >= 0.6 is 23.4 Å². The van der Waals surface area contributed by atoms with Crippen molar-refractivity contribution in [2.24, 2.45) is 0 Å². The summed E-state index contributed by atoms with van der Waals surface area (Å²) < 4.78 is 10.6. The first-order chi connectivity index (χ1) is 15.0. The summed E-state index contributed by atoms with van der Waals surface area (Å²) in [6, 6.07) is 12.3. The summed E-state index contributed by atoms with van der Waals surface area (Å²) in [6.45, 7) is 1.87. The van der Waals surface area contributed by atoms with Gasteiger partial charge in [-0.1, -0.05) is 17.7 Å². The molecule has 2 aliphatic heterocycles. The van der Waals surface area contributed by atoms with Crippen molar-refractivity contribution in [3.8, 4) is 11.5 Å². The third-order valence-electron chi connectivity index (χ3n) is 5.97. The van der Waals surface area contributed by atoms with E-state index in [1.807, 2.05) is 21.6 Å². The van der Waals surface area contributed by atoms with Crippen LogP contribution in [0.25, 0.3) is 0 Å². The van der Waals surface area contributed by atoms with Crippen LogP contribution in [0.15, 0.2) is 42.5 Å². The Kier molecular flexibility index (Phi) is 6.34. The molecule has 0 aliphatic carbocycles. The van der Waals surface area contributed by atoms with Gasteiger partial charge in [0.25, 0.3) is 11.8 Å². The van der Waals surface area contributed by atoms with Crippen LogP contribution in [0.4, 0.5) is 0 Å². The molecular weight excluding hydrogens is 436 g/mol. The first-order valence-corrected chi connectivity index (χ1v) is 11.6. The van der Waals surface area contributed by atoms with Crippen molar-refractivity contribution >= 4 is 35.2 Å². The maximum Gasteiger partial charge on any atom is 0.257 e. The molecule has 0 aromatic heterocycles. The highest BCUT2D eigenvalue weighted by molar-refractivity contribution is 8.00. The first-order valence-electron chi connectivity index (χ1n) is 10.2. The monoisotopic (exact) mass is 460 g/mol. The smallest absolute Gasteiger partial charge is 0.257 e. The van der Waals surface area contributed by atoms with Crippen LogP contribution in [-0.2, 0) is 0 Å². The third kappa shape index (κ3) is 4.21. The van der Waals surface area contributed by atoms with Gasteiger partial charge in [-0.3, -0.25) is 9.59 Å². The zero-order chi connectivity index (χ0) is 22.0. The van der Waals surface area contributed by atoms with Crippen molar-refractivity contribution in [3.05, 3.63) is 58.6 Å². The molecule has 4 rings (SSSR count). The molecule has 2 fully saturated rings. The lowest BCUT2D eigenvalue weighted by Gasteiger charge is -2.44. The number of ether oxygens (including phenoxy) is 2. The molecule has 2 aliphatic rings. The van der Waals surface area contributed by atoms with E-state index in [1.165, 1.54) is 0 Å². The Morgan fingerprint density at radius 1 is 1.00 bits per heavy atom. The fraction of sp³-hybridized carbons (Fsp3) is 0.391. The minimum Gasteiger partial charge on any atom is -0.497 e. The molecule has 0 bridgehead atoms. The van der Waals surface area contributed by atoms with Gasteiger partial charge in [-0.2, -0.15) is 0 Å². The van der Waals surface area contributed by atoms with Crippen LogP contribution in [0.3, 0.4) is 0 Å². The Morgan fingerprint density at radius 2 is 1.77 bits per heavy atom. The number of halogens is 1. The number of amides is 2. The SMILES string of the molecule is COc1ccc(C(=O)N2CCC3(CC2)SCCN3C(=O)c2cccc(Cl)c2)c(OC)c1. The Morgan fingerprint density at radius 3 is 2.45 bits per heavy atom. The number of methoxy groups -OCH3 is 2.